The molecule has 140 valence electrons. The molecule has 0 spiro atoms. The van der Waals surface area contributed by atoms with Crippen molar-refractivity contribution in [1.82, 2.24) is 9.80 Å². The van der Waals surface area contributed by atoms with Crippen LogP contribution in [-0.4, -0.2) is 48.3 Å². The Labute approximate surface area is 160 Å². The zero-order chi connectivity index (χ0) is 19.7. The van der Waals surface area contributed by atoms with Crippen molar-refractivity contribution in [3.05, 3.63) is 64.4 Å². The lowest BCUT2D eigenvalue weighted by Crippen LogP contribution is -2.33. The lowest BCUT2D eigenvalue weighted by molar-refractivity contribution is -0.116. The van der Waals surface area contributed by atoms with Crippen LogP contribution < -0.4 is 4.90 Å². The Balaban J connectivity index is 1.88. The monoisotopic (exact) mass is 389 g/mol. The van der Waals surface area contributed by atoms with Gasteiger partial charge in [0.1, 0.15) is 12.4 Å². The second kappa shape index (κ2) is 7.36. The van der Waals surface area contributed by atoms with Gasteiger partial charge < -0.3 is 9.80 Å². The fraction of sp³-hybridized carbons (Fsp3) is 0.211. The van der Waals surface area contributed by atoms with E-state index in [0.29, 0.717) is 11.1 Å². The van der Waals surface area contributed by atoms with Gasteiger partial charge in [-0.1, -0.05) is 23.7 Å². The smallest absolute Gasteiger partial charge is 0.332 e. The highest BCUT2D eigenvalue weighted by atomic mass is 35.5. The van der Waals surface area contributed by atoms with Gasteiger partial charge in [-0.25, -0.2) is 14.1 Å². The van der Waals surface area contributed by atoms with Crippen LogP contribution in [0, 0.1) is 5.82 Å². The first-order valence-corrected chi connectivity index (χ1v) is 8.53. The van der Waals surface area contributed by atoms with E-state index in [0.717, 1.165) is 4.90 Å². The molecular formula is C19H17ClFN3O3. The lowest BCUT2D eigenvalue weighted by Gasteiger charge is -2.19. The van der Waals surface area contributed by atoms with Crippen molar-refractivity contribution in [1.29, 1.82) is 0 Å². The maximum Gasteiger partial charge on any atom is 0.332 e. The van der Waals surface area contributed by atoms with E-state index in [1.165, 1.54) is 40.1 Å². The SMILES string of the molecule is CN(C)C(=O)c1ccc(Cl)c(N2C(=O)CN(Cc3ccc(F)cc3)C2=O)c1. The third-order valence-electron chi connectivity index (χ3n) is 4.16. The standard InChI is InChI=1S/C19H17ClFN3O3/c1-22(2)18(26)13-5-8-15(20)16(9-13)24-17(25)11-23(19(24)27)10-12-3-6-14(21)7-4-12/h3-9H,10-11H2,1-2H3. The summed E-state index contributed by atoms with van der Waals surface area (Å²) in [4.78, 5) is 41.1. The first-order chi connectivity index (χ1) is 12.8. The zero-order valence-electron chi connectivity index (χ0n) is 14.8. The molecule has 2 aromatic rings. The van der Waals surface area contributed by atoms with E-state index >= 15 is 0 Å². The summed E-state index contributed by atoms with van der Waals surface area (Å²) in [6.07, 6.45) is 0. The minimum atomic E-state index is -0.541. The number of carbonyl (C=O) groups is 3. The van der Waals surface area contributed by atoms with Crippen molar-refractivity contribution in [3.8, 4) is 0 Å². The zero-order valence-corrected chi connectivity index (χ0v) is 15.5. The number of benzene rings is 2. The highest BCUT2D eigenvalue weighted by Crippen LogP contribution is 2.31. The van der Waals surface area contributed by atoms with Crippen LogP contribution >= 0.6 is 11.6 Å². The molecule has 0 aliphatic carbocycles. The summed E-state index contributed by atoms with van der Waals surface area (Å²) in [7, 11) is 3.21. The summed E-state index contributed by atoms with van der Waals surface area (Å²) < 4.78 is 13.0. The Morgan fingerprint density at radius 2 is 1.81 bits per heavy atom. The minimum absolute atomic E-state index is 0.127. The van der Waals surface area contributed by atoms with Gasteiger partial charge in [0.25, 0.3) is 11.8 Å². The molecule has 0 unspecified atom stereocenters. The maximum absolute atomic E-state index is 13.0. The quantitative estimate of drug-likeness (QED) is 0.755. The van der Waals surface area contributed by atoms with Crippen LogP contribution in [-0.2, 0) is 11.3 Å². The Kier molecular flexibility index (Phi) is 5.14. The third-order valence-corrected chi connectivity index (χ3v) is 4.48. The normalized spacial score (nSPS) is 14.1. The molecule has 1 aliphatic rings. The summed E-state index contributed by atoms with van der Waals surface area (Å²) in [6, 6.07) is 9.61. The van der Waals surface area contributed by atoms with Crippen LogP contribution in [0.15, 0.2) is 42.5 Å². The molecule has 2 aromatic carbocycles. The van der Waals surface area contributed by atoms with Crippen molar-refractivity contribution in [2.75, 3.05) is 25.5 Å². The highest BCUT2D eigenvalue weighted by Gasteiger charge is 2.38. The Morgan fingerprint density at radius 1 is 1.15 bits per heavy atom. The number of nitrogens with zero attached hydrogens (tertiary/aromatic N) is 3. The van der Waals surface area contributed by atoms with E-state index in [1.54, 1.807) is 26.2 Å². The summed E-state index contributed by atoms with van der Waals surface area (Å²) in [5.41, 5.74) is 1.18. The molecule has 1 heterocycles. The second-order valence-corrected chi connectivity index (χ2v) is 6.77. The number of amides is 4. The Hall–Kier alpha value is -2.93. The van der Waals surface area contributed by atoms with Gasteiger partial charge in [-0.2, -0.15) is 0 Å². The van der Waals surface area contributed by atoms with E-state index in [9.17, 15) is 18.8 Å². The van der Waals surface area contributed by atoms with Crippen LogP contribution in [0.5, 0.6) is 0 Å². The molecule has 0 aromatic heterocycles. The van der Waals surface area contributed by atoms with Gasteiger partial charge in [-0.05, 0) is 35.9 Å². The molecule has 1 saturated heterocycles. The number of hydrogen-bond acceptors (Lipinski definition) is 3. The molecule has 0 atom stereocenters. The number of rotatable bonds is 4. The Morgan fingerprint density at radius 3 is 2.44 bits per heavy atom. The molecule has 4 amide bonds. The molecule has 27 heavy (non-hydrogen) atoms. The van der Waals surface area contributed by atoms with Gasteiger partial charge in [0.15, 0.2) is 0 Å². The average molecular weight is 390 g/mol. The van der Waals surface area contributed by atoms with E-state index < -0.39 is 11.9 Å². The predicted octanol–water partition coefficient (Wildman–Crippen LogP) is 3.15. The first kappa shape index (κ1) is 18.8. The fourth-order valence-electron chi connectivity index (χ4n) is 2.80. The molecule has 6 nitrogen and oxygen atoms in total. The predicted molar refractivity (Wildman–Crippen MR) is 99.2 cm³/mol. The van der Waals surface area contributed by atoms with Gasteiger partial charge >= 0.3 is 6.03 Å². The lowest BCUT2D eigenvalue weighted by atomic mass is 10.1. The van der Waals surface area contributed by atoms with E-state index in [2.05, 4.69) is 0 Å². The van der Waals surface area contributed by atoms with Crippen molar-refractivity contribution in [3.63, 3.8) is 0 Å². The van der Waals surface area contributed by atoms with Crippen molar-refractivity contribution >= 4 is 35.1 Å². The summed E-state index contributed by atoms with van der Waals surface area (Å²) >= 11 is 6.19. The molecule has 3 rings (SSSR count). The van der Waals surface area contributed by atoms with Crippen LogP contribution in [0.4, 0.5) is 14.9 Å². The highest BCUT2D eigenvalue weighted by molar-refractivity contribution is 6.36. The minimum Gasteiger partial charge on any atom is -0.345 e. The van der Waals surface area contributed by atoms with Gasteiger partial charge in [-0.15, -0.1) is 0 Å². The van der Waals surface area contributed by atoms with E-state index in [-0.39, 0.29) is 35.5 Å². The molecule has 8 heteroatoms. The van der Waals surface area contributed by atoms with E-state index in [4.69, 9.17) is 11.6 Å². The molecule has 1 fully saturated rings. The average Bonchev–Trinajstić information content (AvgIpc) is 2.90. The number of anilines is 1. The summed E-state index contributed by atoms with van der Waals surface area (Å²) in [5.74, 6) is -1.09. The molecule has 0 saturated carbocycles. The van der Waals surface area contributed by atoms with Crippen molar-refractivity contribution < 1.29 is 18.8 Å². The molecular weight excluding hydrogens is 373 g/mol. The second-order valence-electron chi connectivity index (χ2n) is 6.36. The largest absolute Gasteiger partial charge is 0.345 e. The van der Waals surface area contributed by atoms with Gasteiger partial charge in [-0.3, -0.25) is 9.59 Å². The fourth-order valence-corrected chi connectivity index (χ4v) is 3.00. The van der Waals surface area contributed by atoms with Crippen molar-refractivity contribution in [2.45, 2.75) is 6.54 Å². The summed E-state index contributed by atoms with van der Waals surface area (Å²) in [5, 5.41) is 0.190. The molecule has 0 radical (unpaired) electrons. The summed E-state index contributed by atoms with van der Waals surface area (Å²) in [6.45, 7) is 0.0354. The number of urea groups is 1. The first-order valence-electron chi connectivity index (χ1n) is 8.15. The number of halogens is 2. The van der Waals surface area contributed by atoms with E-state index in [1.807, 2.05) is 0 Å². The number of imide groups is 1. The van der Waals surface area contributed by atoms with Gasteiger partial charge in [0.2, 0.25) is 0 Å². The van der Waals surface area contributed by atoms with Gasteiger partial charge in [0.05, 0.1) is 10.7 Å². The van der Waals surface area contributed by atoms with Crippen molar-refractivity contribution in [2.24, 2.45) is 0 Å². The molecule has 1 aliphatic heterocycles. The van der Waals surface area contributed by atoms with Crippen LogP contribution in [0.25, 0.3) is 0 Å². The Bertz CT molecular complexity index is 915. The molecule has 0 bridgehead atoms. The van der Waals surface area contributed by atoms with Crippen LogP contribution in [0.1, 0.15) is 15.9 Å². The topological polar surface area (TPSA) is 60.9 Å². The number of carbonyl (C=O) groups excluding carboxylic acids is 3. The van der Waals surface area contributed by atoms with Crippen LogP contribution in [0.2, 0.25) is 5.02 Å². The third kappa shape index (κ3) is 3.78. The van der Waals surface area contributed by atoms with Gasteiger partial charge in [0, 0.05) is 26.2 Å². The number of hydrogen-bond donors (Lipinski definition) is 0. The molecule has 0 N–H and O–H groups in total. The maximum atomic E-state index is 13.0. The van der Waals surface area contributed by atoms with Crippen LogP contribution in [0.3, 0.4) is 0 Å².